The van der Waals surface area contributed by atoms with Crippen molar-refractivity contribution in [2.24, 2.45) is 0 Å². The van der Waals surface area contributed by atoms with Crippen molar-refractivity contribution < 1.29 is 4.74 Å². The van der Waals surface area contributed by atoms with Crippen molar-refractivity contribution in [3.05, 3.63) is 157 Å². The predicted octanol–water partition coefficient (Wildman–Crippen LogP) is 11.7. The van der Waals surface area contributed by atoms with Crippen LogP contribution in [0.15, 0.2) is 152 Å². The van der Waals surface area contributed by atoms with Gasteiger partial charge in [0.05, 0.1) is 0 Å². The second-order valence-electron chi connectivity index (χ2n) is 10.9. The van der Waals surface area contributed by atoms with Crippen molar-refractivity contribution >= 4 is 43.1 Å². The third-order valence-electron chi connectivity index (χ3n) is 8.47. The van der Waals surface area contributed by atoms with Crippen molar-refractivity contribution in [2.75, 3.05) is 0 Å². The molecule has 0 heterocycles. The maximum absolute atomic E-state index is 7.01. The Morgan fingerprint density at radius 2 is 0.810 bits per heavy atom. The van der Waals surface area contributed by atoms with Crippen molar-refractivity contribution in [3.63, 3.8) is 0 Å². The maximum Gasteiger partial charge on any atom is 0.143 e. The van der Waals surface area contributed by atoms with Crippen LogP contribution in [0, 0.1) is 6.92 Å². The second-order valence-corrected chi connectivity index (χ2v) is 10.9. The maximum atomic E-state index is 7.01. The van der Waals surface area contributed by atoms with Crippen LogP contribution in [0.3, 0.4) is 0 Å². The van der Waals surface area contributed by atoms with Gasteiger partial charge in [-0.3, -0.25) is 0 Å². The number of rotatable bonds is 4. The van der Waals surface area contributed by atoms with E-state index >= 15 is 0 Å². The zero-order valence-electron chi connectivity index (χ0n) is 23.3. The van der Waals surface area contributed by atoms with Crippen molar-refractivity contribution in [2.45, 2.75) is 6.92 Å². The van der Waals surface area contributed by atoms with Crippen LogP contribution in [-0.4, -0.2) is 0 Å². The van der Waals surface area contributed by atoms with Gasteiger partial charge in [0.1, 0.15) is 11.5 Å². The van der Waals surface area contributed by atoms with E-state index in [0.29, 0.717) is 0 Å². The van der Waals surface area contributed by atoms with Gasteiger partial charge in [0.15, 0.2) is 0 Å². The lowest BCUT2D eigenvalue weighted by molar-refractivity contribution is 0.500. The Balaban J connectivity index is 1.36. The largest absolute Gasteiger partial charge is 0.455 e. The quantitative estimate of drug-likeness (QED) is 0.203. The molecule has 0 saturated heterocycles. The molecular weight excluding hydrogens is 508 g/mol. The van der Waals surface area contributed by atoms with Crippen molar-refractivity contribution in [3.8, 4) is 33.8 Å². The molecule has 1 heteroatoms. The lowest BCUT2D eigenvalue weighted by Gasteiger charge is -2.19. The van der Waals surface area contributed by atoms with E-state index in [2.05, 4.69) is 159 Å². The fraction of sp³-hybridized carbons (Fsp3) is 0.0244. The van der Waals surface area contributed by atoms with E-state index in [1.165, 1.54) is 54.7 Å². The fourth-order valence-electron chi connectivity index (χ4n) is 6.50. The van der Waals surface area contributed by atoms with Crippen molar-refractivity contribution in [1.29, 1.82) is 0 Å². The molecule has 1 nitrogen and oxygen atoms in total. The molecule has 42 heavy (non-hydrogen) atoms. The number of hydrogen-bond donors (Lipinski definition) is 0. The van der Waals surface area contributed by atoms with Crippen LogP contribution >= 0.6 is 0 Å². The number of fused-ring (bicyclic) bond motifs is 4. The zero-order chi connectivity index (χ0) is 28.0. The van der Waals surface area contributed by atoms with Gasteiger partial charge >= 0.3 is 0 Å². The van der Waals surface area contributed by atoms with Gasteiger partial charge in [0, 0.05) is 16.2 Å². The minimum Gasteiger partial charge on any atom is -0.455 e. The average Bonchev–Trinajstić information content (AvgIpc) is 3.06. The van der Waals surface area contributed by atoms with Gasteiger partial charge in [0.2, 0.25) is 0 Å². The van der Waals surface area contributed by atoms with Gasteiger partial charge in [-0.05, 0) is 67.7 Å². The summed E-state index contributed by atoms with van der Waals surface area (Å²) in [5, 5.41) is 9.41. The van der Waals surface area contributed by atoms with Gasteiger partial charge in [-0.15, -0.1) is 0 Å². The molecule has 0 unspecified atom stereocenters. The molecule has 0 spiro atoms. The molecule has 0 N–H and O–H groups in total. The third kappa shape index (κ3) is 3.86. The minimum absolute atomic E-state index is 0.855. The fourth-order valence-corrected chi connectivity index (χ4v) is 6.50. The van der Waals surface area contributed by atoms with Gasteiger partial charge in [-0.1, -0.05) is 146 Å². The van der Waals surface area contributed by atoms with Crippen LogP contribution in [0.25, 0.3) is 65.3 Å². The lowest BCUT2D eigenvalue weighted by atomic mass is 9.91. The molecule has 0 aromatic heterocycles. The highest BCUT2D eigenvalue weighted by Gasteiger charge is 2.18. The van der Waals surface area contributed by atoms with Crippen LogP contribution in [-0.2, 0) is 0 Å². The molecule has 0 aliphatic rings. The summed E-state index contributed by atoms with van der Waals surface area (Å²) in [4.78, 5) is 0. The number of benzene rings is 8. The first kappa shape index (κ1) is 24.4. The Morgan fingerprint density at radius 3 is 1.43 bits per heavy atom. The first-order valence-corrected chi connectivity index (χ1v) is 14.4. The summed E-state index contributed by atoms with van der Waals surface area (Å²) in [5.41, 5.74) is 6.18. The minimum atomic E-state index is 0.855. The van der Waals surface area contributed by atoms with Gasteiger partial charge in [-0.2, -0.15) is 0 Å². The lowest BCUT2D eigenvalue weighted by Crippen LogP contribution is -1.93. The summed E-state index contributed by atoms with van der Waals surface area (Å²) < 4.78 is 7.01. The standard InChI is InChI=1S/C41H28O/c1-27-23-24-32(30-16-6-5-15-29(27)30)33-25-26-39(34-18-8-7-17-31(33)34)42-41-37-21-11-9-19-35(37)40(28-13-3-2-4-14-28)36-20-10-12-22-38(36)41/h2-26H,1H3. The molecule has 0 aliphatic heterocycles. The summed E-state index contributed by atoms with van der Waals surface area (Å²) in [6.45, 7) is 2.18. The Hall–Kier alpha value is -5.40. The summed E-state index contributed by atoms with van der Waals surface area (Å²) in [5.74, 6) is 1.74. The third-order valence-corrected chi connectivity index (χ3v) is 8.47. The first-order chi connectivity index (χ1) is 20.8. The van der Waals surface area contributed by atoms with Crippen LogP contribution in [0.4, 0.5) is 0 Å². The first-order valence-electron chi connectivity index (χ1n) is 14.4. The summed E-state index contributed by atoms with van der Waals surface area (Å²) in [6.07, 6.45) is 0. The van der Waals surface area contributed by atoms with E-state index in [1.807, 2.05) is 0 Å². The van der Waals surface area contributed by atoms with Gasteiger partial charge < -0.3 is 4.74 Å². The molecule has 0 radical (unpaired) electrons. The zero-order valence-corrected chi connectivity index (χ0v) is 23.3. The number of aryl methyl sites for hydroxylation is 1. The van der Waals surface area contributed by atoms with Crippen LogP contribution in [0.5, 0.6) is 11.5 Å². The highest BCUT2D eigenvalue weighted by Crippen LogP contribution is 2.46. The van der Waals surface area contributed by atoms with Crippen molar-refractivity contribution in [1.82, 2.24) is 0 Å². The Morgan fingerprint density at radius 1 is 0.357 bits per heavy atom. The SMILES string of the molecule is Cc1ccc(-c2ccc(Oc3c4ccccc4c(-c4ccccc4)c4ccccc34)c3ccccc23)c2ccccc12. The average molecular weight is 537 g/mol. The highest BCUT2D eigenvalue weighted by molar-refractivity contribution is 6.17. The molecule has 8 aromatic rings. The van der Waals surface area contributed by atoms with E-state index in [9.17, 15) is 0 Å². The summed E-state index contributed by atoms with van der Waals surface area (Å²) >= 11 is 0. The molecule has 8 rings (SSSR count). The second kappa shape index (κ2) is 9.90. The number of ether oxygens (including phenoxy) is 1. The molecular formula is C41H28O. The van der Waals surface area contributed by atoms with E-state index in [1.54, 1.807) is 0 Å². The smallest absolute Gasteiger partial charge is 0.143 e. The molecule has 0 fully saturated rings. The molecule has 0 atom stereocenters. The molecule has 0 bridgehead atoms. The van der Waals surface area contributed by atoms with Crippen LogP contribution in [0.1, 0.15) is 5.56 Å². The Labute approximate surface area is 245 Å². The predicted molar refractivity (Wildman–Crippen MR) is 179 cm³/mol. The molecule has 0 amide bonds. The van der Waals surface area contributed by atoms with Gasteiger partial charge in [-0.25, -0.2) is 0 Å². The van der Waals surface area contributed by atoms with Crippen LogP contribution in [0.2, 0.25) is 0 Å². The molecule has 8 aromatic carbocycles. The Bertz CT molecular complexity index is 2220. The van der Waals surface area contributed by atoms with E-state index in [4.69, 9.17) is 4.74 Å². The number of hydrogen-bond acceptors (Lipinski definition) is 1. The molecule has 198 valence electrons. The molecule has 0 saturated carbocycles. The monoisotopic (exact) mass is 536 g/mol. The van der Waals surface area contributed by atoms with Gasteiger partial charge in [0.25, 0.3) is 0 Å². The summed E-state index contributed by atoms with van der Waals surface area (Å²) in [6, 6.07) is 54.0. The molecule has 0 aliphatic carbocycles. The van der Waals surface area contributed by atoms with E-state index in [-0.39, 0.29) is 0 Å². The van der Waals surface area contributed by atoms with Crippen LogP contribution < -0.4 is 4.74 Å². The topological polar surface area (TPSA) is 9.23 Å². The van der Waals surface area contributed by atoms with E-state index < -0.39 is 0 Å². The highest BCUT2D eigenvalue weighted by atomic mass is 16.5. The normalized spacial score (nSPS) is 11.5. The Kier molecular flexibility index (Phi) is 5.75. The summed E-state index contributed by atoms with van der Waals surface area (Å²) in [7, 11) is 0. The van der Waals surface area contributed by atoms with E-state index in [0.717, 1.165) is 27.7 Å².